The Hall–Kier alpha value is -4.22. The Morgan fingerprint density at radius 2 is 1.73 bits per heavy atom. The number of carbonyl (C=O) groups excluding carboxylic acids is 5. The molecule has 304 valence electrons. The Bertz CT molecular complexity index is 1830. The molecule has 2 aliphatic heterocycles. The SMILES string of the molecule is CC1CC/C=C\C2C[C@@]2(C(=O)NS(=O)(=O)C2(CF)CC2)NC(=O)[C@@H]2C[C@@H](OC(=O)c3ccccc3C(F)(F)F)CN2C(=O)[C@@H](NC(=O)OC(C)(C)C)[C@H](C)C1. The van der Waals surface area contributed by atoms with Crippen molar-refractivity contribution in [1.29, 1.82) is 0 Å². The summed E-state index contributed by atoms with van der Waals surface area (Å²) in [4.78, 5) is 69.9. The number of carbonyl (C=O) groups is 5. The van der Waals surface area contributed by atoms with Crippen molar-refractivity contribution in [3.63, 3.8) is 0 Å². The van der Waals surface area contributed by atoms with Crippen LogP contribution in [0.2, 0.25) is 0 Å². The Kier molecular flexibility index (Phi) is 11.7. The van der Waals surface area contributed by atoms with Gasteiger partial charge in [-0.1, -0.05) is 38.1 Å². The smallest absolute Gasteiger partial charge is 0.417 e. The van der Waals surface area contributed by atoms with Crippen molar-refractivity contribution in [2.24, 2.45) is 17.8 Å². The molecule has 1 saturated heterocycles. The third kappa shape index (κ3) is 9.26. The van der Waals surface area contributed by atoms with E-state index >= 15 is 0 Å². The highest BCUT2D eigenvalue weighted by atomic mass is 32.2. The lowest BCUT2D eigenvalue weighted by Gasteiger charge is -2.33. The van der Waals surface area contributed by atoms with Gasteiger partial charge in [-0.15, -0.1) is 0 Å². The van der Waals surface area contributed by atoms with Crippen LogP contribution in [0, 0.1) is 17.8 Å². The molecule has 1 aromatic carbocycles. The third-order valence-corrected chi connectivity index (χ3v) is 12.8. The molecule has 2 aliphatic carbocycles. The van der Waals surface area contributed by atoms with E-state index in [-0.39, 0.29) is 25.2 Å². The number of nitrogens with one attached hydrogen (secondary N) is 3. The second-order valence-corrected chi connectivity index (χ2v) is 18.4. The van der Waals surface area contributed by atoms with Crippen LogP contribution in [-0.2, 0) is 40.1 Å². The van der Waals surface area contributed by atoms with Gasteiger partial charge in [-0.05, 0) is 83.3 Å². The molecule has 55 heavy (non-hydrogen) atoms. The van der Waals surface area contributed by atoms with Crippen LogP contribution in [0.25, 0.3) is 0 Å². The van der Waals surface area contributed by atoms with Crippen LogP contribution in [0.1, 0.15) is 95.5 Å². The number of allylic oxidation sites excluding steroid dienone is 1. The lowest BCUT2D eigenvalue weighted by atomic mass is 9.88. The van der Waals surface area contributed by atoms with Crippen molar-refractivity contribution >= 4 is 39.8 Å². The zero-order valence-corrected chi connectivity index (χ0v) is 32.2. The predicted molar refractivity (Wildman–Crippen MR) is 189 cm³/mol. The minimum Gasteiger partial charge on any atom is -0.457 e. The van der Waals surface area contributed by atoms with E-state index in [1.165, 1.54) is 6.07 Å². The van der Waals surface area contributed by atoms with Gasteiger partial charge in [-0.3, -0.25) is 19.1 Å². The minimum absolute atomic E-state index is 0.00452. The van der Waals surface area contributed by atoms with Crippen LogP contribution in [0.4, 0.5) is 22.4 Å². The number of esters is 1. The summed E-state index contributed by atoms with van der Waals surface area (Å²) in [6.07, 6.45) is -2.45. The number of benzene rings is 1. The predicted octanol–water partition coefficient (Wildman–Crippen LogP) is 4.56. The summed E-state index contributed by atoms with van der Waals surface area (Å²) in [5, 5.41) is 5.25. The second-order valence-electron chi connectivity index (χ2n) is 16.3. The van der Waals surface area contributed by atoms with E-state index < -0.39 is 123 Å². The summed E-state index contributed by atoms with van der Waals surface area (Å²) >= 11 is 0. The maximum absolute atomic E-state index is 14.5. The highest BCUT2D eigenvalue weighted by molar-refractivity contribution is 7.91. The van der Waals surface area contributed by atoms with Crippen LogP contribution >= 0.6 is 0 Å². The van der Waals surface area contributed by atoms with Crippen molar-refractivity contribution in [3.8, 4) is 0 Å². The fourth-order valence-electron chi connectivity index (χ4n) is 7.31. The number of rotatable bonds is 7. The maximum atomic E-state index is 14.5. The number of hydrogen-bond donors (Lipinski definition) is 3. The molecule has 13 nitrogen and oxygen atoms in total. The molecule has 4 amide bonds. The highest BCUT2D eigenvalue weighted by Crippen LogP contribution is 2.48. The van der Waals surface area contributed by atoms with Crippen LogP contribution in [-0.4, -0.2) is 90.4 Å². The molecular formula is C37H48F4N4O9S. The van der Waals surface area contributed by atoms with Crippen molar-refractivity contribution in [2.75, 3.05) is 13.2 Å². The van der Waals surface area contributed by atoms with Gasteiger partial charge in [-0.25, -0.2) is 22.4 Å². The first-order valence-corrected chi connectivity index (χ1v) is 19.8. The fraction of sp³-hybridized carbons (Fsp3) is 0.649. The van der Waals surface area contributed by atoms with Crippen molar-refractivity contribution in [2.45, 2.75) is 120 Å². The Labute approximate surface area is 317 Å². The van der Waals surface area contributed by atoms with Crippen molar-refractivity contribution in [3.05, 3.63) is 47.5 Å². The maximum Gasteiger partial charge on any atom is 0.417 e. The molecule has 2 unspecified atom stereocenters. The number of fused-ring (bicyclic) bond motifs is 2. The van der Waals surface area contributed by atoms with Gasteiger partial charge < -0.3 is 25.0 Å². The topological polar surface area (TPSA) is 177 Å². The molecule has 2 saturated carbocycles. The molecule has 0 aromatic heterocycles. The van der Waals surface area contributed by atoms with E-state index in [1.807, 2.05) is 17.7 Å². The number of alkyl carbamates (subject to hydrolysis) is 1. The van der Waals surface area contributed by atoms with Gasteiger partial charge >= 0.3 is 18.2 Å². The first kappa shape index (κ1) is 41.9. The van der Waals surface area contributed by atoms with Gasteiger partial charge in [0.05, 0.1) is 17.7 Å². The highest BCUT2D eigenvalue weighted by Gasteiger charge is 2.64. The molecule has 3 fully saturated rings. The van der Waals surface area contributed by atoms with Crippen LogP contribution < -0.4 is 15.4 Å². The van der Waals surface area contributed by atoms with Crippen LogP contribution in [0.5, 0.6) is 0 Å². The number of halogens is 4. The molecule has 3 N–H and O–H groups in total. The molecule has 0 bridgehead atoms. The number of alkyl halides is 4. The van der Waals surface area contributed by atoms with E-state index in [0.717, 1.165) is 17.0 Å². The van der Waals surface area contributed by atoms with Gasteiger partial charge in [0, 0.05) is 12.3 Å². The van der Waals surface area contributed by atoms with E-state index in [2.05, 4.69) is 10.6 Å². The van der Waals surface area contributed by atoms with E-state index in [9.17, 15) is 50.0 Å². The third-order valence-electron chi connectivity index (χ3n) is 10.7. The summed E-state index contributed by atoms with van der Waals surface area (Å²) in [6.45, 7) is 6.90. The zero-order valence-electron chi connectivity index (χ0n) is 31.3. The molecule has 4 aliphatic rings. The van der Waals surface area contributed by atoms with Gasteiger partial charge in [0.2, 0.25) is 21.8 Å². The molecule has 18 heteroatoms. The van der Waals surface area contributed by atoms with Crippen LogP contribution in [0.3, 0.4) is 0 Å². The lowest BCUT2D eigenvalue weighted by molar-refractivity contribution is -0.142. The summed E-state index contributed by atoms with van der Waals surface area (Å²) in [5.74, 6) is -5.36. The first-order chi connectivity index (χ1) is 25.5. The average Bonchev–Trinajstić information content (AvgIpc) is 3.98. The fourth-order valence-corrected chi connectivity index (χ4v) is 8.73. The van der Waals surface area contributed by atoms with Gasteiger partial charge in [-0.2, -0.15) is 13.2 Å². The van der Waals surface area contributed by atoms with E-state index in [0.29, 0.717) is 25.3 Å². The average molecular weight is 801 g/mol. The number of amides is 4. The minimum atomic E-state index is -4.90. The largest absolute Gasteiger partial charge is 0.457 e. The summed E-state index contributed by atoms with van der Waals surface area (Å²) in [7, 11) is -4.48. The number of nitrogens with zero attached hydrogens (tertiary/aromatic N) is 1. The Balaban J connectivity index is 1.50. The summed E-state index contributed by atoms with van der Waals surface area (Å²) in [5.41, 5.74) is -4.78. The van der Waals surface area contributed by atoms with E-state index in [4.69, 9.17) is 9.47 Å². The molecule has 7 atom stereocenters. The molecule has 2 heterocycles. The standard InChI is InChI=1S/C37H48F4N4O9S/c1-21-10-6-7-11-23-18-36(23,32(49)44-55(51,52)35(20-38)14-15-35)43-29(46)27-17-24(53-31(48)25-12-8-9-13-26(25)37(39,40)41)19-45(27)30(47)28(22(2)16-21)42-33(50)54-34(3,4)5/h7-9,11-13,21-24,27-28H,6,10,14-20H2,1-5H3,(H,42,50)(H,43,46)(H,44,49)/b11-7-/t21?,22-,23?,24-,27+,28+,36-/m1/s1. The summed E-state index contributed by atoms with van der Waals surface area (Å²) < 4.78 is 92.4. The molecule has 0 radical (unpaired) electrons. The van der Waals surface area contributed by atoms with E-state index in [1.54, 1.807) is 33.8 Å². The number of hydrogen-bond acceptors (Lipinski definition) is 9. The normalized spacial score (nSPS) is 30.3. The van der Waals surface area contributed by atoms with Crippen LogP contribution in [0.15, 0.2) is 36.4 Å². The molecule has 0 spiro atoms. The zero-order chi connectivity index (χ0) is 40.7. The quantitative estimate of drug-likeness (QED) is 0.203. The monoisotopic (exact) mass is 800 g/mol. The lowest BCUT2D eigenvalue weighted by Crippen LogP contribution is -2.59. The molecular weight excluding hydrogens is 752 g/mol. The molecule has 5 rings (SSSR count). The number of sulfonamides is 1. The molecule has 1 aromatic rings. The van der Waals surface area contributed by atoms with Gasteiger partial charge in [0.15, 0.2) is 0 Å². The second kappa shape index (κ2) is 15.4. The Morgan fingerprint density at radius 3 is 2.35 bits per heavy atom. The van der Waals surface area contributed by atoms with Crippen molar-refractivity contribution < 1.29 is 59.4 Å². The van der Waals surface area contributed by atoms with Crippen molar-refractivity contribution in [1.82, 2.24) is 20.3 Å². The first-order valence-electron chi connectivity index (χ1n) is 18.3. The number of ether oxygens (including phenoxy) is 2. The summed E-state index contributed by atoms with van der Waals surface area (Å²) in [6, 6.07) is 1.21. The van der Waals surface area contributed by atoms with Gasteiger partial charge in [0.25, 0.3) is 5.91 Å². The Morgan fingerprint density at radius 1 is 1.05 bits per heavy atom. The van der Waals surface area contributed by atoms with Gasteiger partial charge in [0.1, 0.15) is 40.7 Å².